The molecule has 6 nitrogen and oxygen atoms in total. The number of anilines is 2. The minimum atomic E-state index is -5.07. The third-order valence-electron chi connectivity index (χ3n) is 6.54. The fourth-order valence-electron chi connectivity index (χ4n) is 4.12. The summed E-state index contributed by atoms with van der Waals surface area (Å²) in [6.45, 7) is 4.02. The Morgan fingerprint density at radius 1 is 0.902 bits per heavy atom. The molecule has 2 N–H and O–H groups in total. The number of hydrazine groups is 1. The SMILES string of the molecule is CC(=O)CCN(N)c1cc(-c2ccccc2Cl)c(N(C)C(=O)C(C)(C)c2cc(C(F)(F)F)cc(C(F)(F)F)c2)cn1. The largest absolute Gasteiger partial charge is 0.416 e. The fourth-order valence-corrected chi connectivity index (χ4v) is 4.35. The Labute approximate surface area is 237 Å². The van der Waals surface area contributed by atoms with Crippen LogP contribution in [-0.4, -0.2) is 30.3 Å². The summed E-state index contributed by atoms with van der Waals surface area (Å²) in [6.07, 6.45) is -8.71. The second-order valence-corrected chi connectivity index (χ2v) is 10.4. The summed E-state index contributed by atoms with van der Waals surface area (Å²) < 4.78 is 81.1. The molecule has 0 spiro atoms. The number of benzene rings is 2. The van der Waals surface area contributed by atoms with Gasteiger partial charge in [-0.25, -0.2) is 10.8 Å². The highest BCUT2D eigenvalue weighted by molar-refractivity contribution is 6.33. The molecule has 0 saturated carbocycles. The van der Waals surface area contributed by atoms with Crippen LogP contribution in [0.3, 0.4) is 0 Å². The van der Waals surface area contributed by atoms with Crippen molar-refractivity contribution in [2.24, 2.45) is 5.84 Å². The number of rotatable bonds is 8. The van der Waals surface area contributed by atoms with Gasteiger partial charge in [0.05, 0.1) is 28.4 Å². The monoisotopic (exact) mass is 600 g/mol. The number of carbonyl (C=O) groups is 2. The highest BCUT2D eigenvalue weighted by Gasteiger charge is 2.41. The van der Waals surface area contributed by atoms with Crippen molar-refractivity contribution in [1.29, 1.82) is 0 Å². The first-order valence-electron chi connectivity index (χ1n) is 12.2. The van der Waals surface area contributed by atoms with Gasteiger partial charge in [-0.15, -0.1) is 0 Å². The number of Topliss-reactive ketones (excluding diaryl/α,β-unsaturated/α-hetero) is 1. The van der Waals surface area contributed by atoms with Crippen LogP contribution in [0.4, 0.5) is 37.8 Å². The van der Waals surface area contributed by atoms with Crippen molar-refractivity contribution >= 4 is 34.8 Å². The molecule has 3 rings (SSSR count). The van der Waals surface area contributed by atoms with Crippen LogP contribution in [0.5, 0.6) is 0 Å². The van der Waals surface area contributed by atoms with Gasteiger partial charge < -0.3 is 4.90 Å². The molecule has 0 unspecified atom stereocenters. The molecule has 13 heteroatoms. The van der Waals surface area contributed by atoms with E-state index < -0.39 is 40.4 Å². The zero-order chi connectivity index (χ0) is 30.9. The molecule has 0 aliphatic rings. The first kappa shape index (κ1) is 31.9. The molecule has 0 atom stereocenters. The highest BCUT2D eigenvalue weighted by Crippen LogP contribution is 2.41. The van der Waals surface area contributed by atoms with Gasteiger partial charge in [0.2, 0.25) is 5.91 Å². The lowest BCUT2D eigenvalue weighted by molar-refractivity contribution is -0.143. The van der Waals surface area contributed by atoms with Gasteiger partial charge in [0, 0.05) is 36.2 Å². The van der Waals surface area contributed by atoms with Crippen molar-refractivity contribution in [2.45, 2.75) is 45.0 Å². The summed E-state index contributed by atoms with van der Waals surface area (Å²) in [7, 11) is 1.33. The number of pyridine rings is 1. The van der Waals surface area contributed by atoms with E-state index in [0.29, 0.717) is 28.3 Å². The van der Waals surface area contributed by atoms with E-state index in [4.69, 9.17) is 17.4 Å². The van der Waals surface area contributed by atoms with Gasteiger partial charge in [-0.1, -0.05) is 29.8 Å². The topological polar surface area (TPSA) is 79.5 Å². The zero-order valence-corrected chi connectivity index (χ0v) is 23.2. The van der Waals surface area contributed by atoms with Gasteiger partial charge in [0.15, 0.2) is 0 Å². The normalized spacial score (nSPS) is 12.3. The predicted molar refractivity (Wildman–Crippen MR) is 144 cm³/mol. The molecule has 3 aromatic rings. The number of likely N-dealkylation sites (N-methyl/N-ethyl adjacent to an activating group) is 1. The number of halogens is 7. The average molecular weight is 601 g/mol. The predicted octanol–water partition coefficient (Wildman–Crippen LogP) is 7.04. The molecule has 1 heterocycles. The Morgan fingerprint density at radius 2 is 1.44 bits per heavy atom. The minimum Gasteiger partial charge on any atom is -0.313 e. The third-order valence-corrected chi connectivity index (χ3v) is 6.87. The smallest absolute Gasteiger partial charge is 0.313 e. The number of amides is 1. The van der Waals surface area contributed by atoms with Crippen molar-refractivity contribution < 1.29 is 35.9 Å². The van der Waals surface area contributed by atoms with Gasteiger partial charge in [-0.3, -0.25) is 14.6 Å². The van der Waals surface area contributed by atoms with Crippen LogP contribution in [0, 0.1) is 0 Å². The van der Waals surface area contributed by atoms with E-state index >= 15 is 0 Å². The standard InChI is InChI=1S/C28H27ClF6N4O2/c1-16(40)9-10-39(36)24-14-21(20-7-5-6-8-22(20)29)23(15-37-24)38(4)25(41)26(2,3)17-11-18(27(30,31)32)13-19(12-17)28(33,34)35/h5-8,11-15H,9-10,36H2,1-4H3. The van der Waals surface area contributed by atoms with Crippen molar-refractivity contribution in [3.8, 4) is 11.1 Å². The van der Waals surface area contributed by atoms with Gasteiger partial charge in [-0.2, -0.15) is 26.3 Å². The van der Waals surface area contributed by atoms with Gasteiger partial charge in [-0.05, 0) is 56.7 Å². The number of nitrogens with zero attached hydrogens (tertiary/aromatic N) is 3. The number of aromatic nitrogens is 1. The van der Waals surface area contributed by atoms with Gasteiger partial charge >= 0.3 is 12.4 Å². The maximum absolute atomic E-state index is 13.8. The molecule has 0 aliphatic carbocycles. The molecule has 0 bridgehead atoms. The average Bonchev–Trinajstić information content (AvgIpc) is 2.89. The molecular weight excluding hydrogens is 574 g/mol. The Kier molecular flexibility index (Phi) is 9.09. The van der Waals surface area contributed by atoms with E-state index in [-0.39, 0.29) is 36.3 Å². The molecule has 41 heavy (non-hydrogen) atoms. The van der Waals surface area contributed by atoms with Crippen molar-refractivity contribution in [2.75, 3.05) is 23.5 Å². The first-order valence-corrected chi connectivity index (χ1v) is 12.6. The Hall–Kier alpha value is -3.64. The van der Waals surface area contributed by atoms with E-state index in [1.54, 1.807) is 24.3 Å². The lowest BCUT2D eigenvalue weighted by Gasteiger charge is -2.32. The second kappa shape index (κ2) is 11.7. The number of hydrogen-bond donors (Lipinski definition) is 1. The van der Waals surface area contributed by atoms with Crippen LogP contribution in [0.25, 0.3) is 11.1 Å². The number of hydrogen-bond acceptors (Lipinski definition) is 5. The Bertz CT molecular complexity index is 1420. The van der Waals surface area contributed by atoms with E-state index in [2.05, 4.69) is 4.98 Å². The van der Waals surface area contributed by atoms with Gasteiger partial charge in [0.25, 0.3) is 0 Å². The van der Waals surface area contributed by atoms with Crippen molar-refractivity contribution in [1.82, 2.24) is 4.98 Å². The van der Waals surface area contributed by atoms with Crippen molar-refractivity contribution in [3.63, 3.8) is 0 Å². The number of carbonyl (C=O) groups excluding carboxylic acids is 2. The third kappa shape index (κ3) is 7.17. The fraction of sp³-hybridized carbons (Fsp3) is 0.321. The summed E-state index contributed by atoms with van der Waals surface area (Å²) in [5, 5.41) is 1.53. The van der Waals surface area contributed by atoms with Gasteiger partial charge in [0.1, 0.15) is 11.6 Å². The van der Waals surface area contributed by atoms with Crippen LogP contribution in [0.1, 0.15) is 43.9 Å². The van der Waals surface area contributed by atoms with Crippen molar-refractivity contribution in [3.05, 3.63) is 76.4 Å². The van der Waals surface area contributed by atoms with E-state index in [1.807, 2.05) is 0 Å². The maximum Gasteiger partial charge on any atom is 0.416 e. The van der Waals surface area contributed by atoms with E-state index in [9.17, 15) is 35.9 Å². The Morgan fingerprint density at radius 3 is 1.95 bits per heavy atom. The quantitative estimate of drug-likeness (QED) is 0.170. The molecule has 1 aromatic heterocycles. The molecule has 220 valence electrons. The lowest BCUT2D eigenvalue weighted by atomic mass is 9.81. The van der Waals surface area contributed by atoms with E-state index in [0.717, 1.165) is 4.90 Å². The molecule has 0 aliphatic heterocycles. The highest BCUT2D eigenvalue weighted by atomic mass is 35.5. The summed E-state index contributed by atoms with van der Waals surface area (Å²) in [4.78, 5) is 30.6. The van der Waals surface area contributed by atoms with E-state index in [1.165, 1.54) is 45.1 Å². The van der Waals surface area contributed by atoms with Crippen LogP contribution in [0.2, 0.25) is 5.02 Å². The Balaban J connectivity index is 2.13. The van der Waals surface area contributed by atoms with Crippen LogP contribution in [-0.2, 0) is 27.4 Å². The van der Waals surface area contributed by atoms with Crippen LogP contribution in [0.15, 0.2) is 54.7 Å². The first-order chi connectivity index (χ1) is 18.8. The summed E-state index contributed by atoms with van der Waals surface area (Å²) in [5.74, 6) is 5.40. The molecule has 0 radical (unpaired) electrons. The number of nitrogens with two attached hydrogens (primary N) is 1. The molecule has 1 amide bonds. The minimum absolute atomic E-state index is 0.0105. The molecule has 0 fully saturated rings. The number of alkyl halides is 6. The molecular formula is C28H27ClF6N4O2. The summed E-state index contributed by atoms with van der Waals surface area (Å²) in [6, 6.07) is 9.25. The van der Waals surface area contributed by atoms with Crippen LogP contribution < -0.4 is 15.8 Å². The summed E-state index contributed by atoms with van der Waals surface area (Å²) in [5.41, 5.74) is -4.37. The van der Waals surface area contributed by atoms with Crippen LogP contribution >= 0.6 is 11.6 Å². The zero-order valence-electron chi connectivity index (χ0n) is 22.5. The second-order valence-electron chi connectivity index (χ2n) is 9.97. The number of ketones is 1. The summed E-state index contributed by atoms with van der Waals surface area (Å²) >= 11 is 6.43. The molecule has 0 saturated heterocycles. The maximum atomic E-state index is 13.8. The molecule has 2 aromatic carbocycles. The lowest BCUT2D eigenvalue weighted by Crippen LogP contribution is -2.42.